The fourth-order valence-electron chi connectivity index (χ4n) is 6.40. The SMILES string of the molecule is CC(C)c1ccc(N2CC3(CC(S(C)(=O)=O)C3)C2)c2ccc(Nc3ccnc(N4CCC(O)C(F)C4)n3)cc12. The van der Waals surface area contributed by atoms with E-state index < -0.39 is 22.1 Å². The molecule has 3 aliphatic rings. The number of anilines is 4. The van der Waals surface area contributed by atoms with Crippen molar-refractivity contribution < 1.29 is 17.9 Å². The van der Waals surface area contributed by atoms with Gasteiger partial charge in [0.15, 0.2) is 0 Å². The molecule has 3 aromatic rings. The van der Waals surface area contributed by atoms with Gasteiger partial charge in [0.2, 0.25) is 5.95 Å². The smallest absolute Gasteiger partial charge is 0.227 e. The first-order valence-corrected chi connectivity index (χ1v) is 15.6. The molecule has 2 aromatic carbocycles. The number of aromatic nitrogens is 2. The van der Waals surface area contributed by atoms with E-state index in [4.69, 9.17) is 0 Å². The number of hydrogen-bond acceptors (Lipinski definition) is 8. The highest BCUT2D eigenvalue weighted by Gasteiger charge is 2.55. The van der Waals surface area contributed by atoms with E-state index in [2.05, 4.69) is 58.3 Å². The van der Waals surface area contributed by atoms with Gasteiger partial charge in [-0.1, -0.05) is 26.0 Å². The van der Waals surface area contributed by atoms with Crippen molar-refractivity contribution >= 4 is 43.8 Å². The van der Waals surface area contributed by atoms with Crippen LogP contribution in [0.1, 0.15) is 44.6 Å². The monoisotopic (exact) mass is 553 g/mol. The third-order valence-electron chi connectivity index (χ3n) is 8.67. The summed E-state index contributed by atoms with van der Waals surface area (Å²) in [5.74, 6) is 1.41. The Kier molecular flexibility index (Phi) is 6.45. The Morgan fingerprint density at radius 3 is 2.56 bits per heavy atom. The van der Waals surface area contributed by atoms with Crippen molar-refractivity contribution in [1.29, 1.82) is 0 Å². The van der Waals surface area contributed by atoms with E-state index in [1.807, 2.05) is 6.07 Å². The Hall–Kier alpha value is -2.98. The standard InChI is InChI=1S/C29H36FN5O3S/c1-18(2)21-6-7-25(35-16-29(17-35)13-20(14-29)39(3,37)38)22-5-4-19(12-23(21)22)32-27-8-10-31-28(33-27)34-11-9-26(36)24(30)15-34/h4-8,10,12,18,20,24,26,36H,9,11,13-17H2,1-3H3,(H,31,32,33). The molecule has 0 bridgehead atoms. The van der Waals surface area contributed by atoms with Crippen LogP contribution in [-0.2, 0) is 9.84 Å². The molecule has 1 aromatic heterocycles. The van der Waals surface area contributed by atoms with Crippen molar-refractivity contribution in [3.8, 4) is 0 Å². The second-order valence-electron chi connectivity index (χ2n) is 12.0. The third-order valence-corrected chi connectivity index (χ3v) is 10.2. The molecule has 2 N–H and O–H groups in total. The molecule has 1 spiro atoms. The Bertz CT molecular complexity index is 1500. The number of aliphatic hydroxyl groups excluding tert-OH is 1. The predicted molar refractivity (Wildman–Crippen MR) is 154 cm³/mol. The Balaban J connectivity index is 1.23. The van der Waals surface area contributed by atoms with Gasteiger partial charge in [0.1, 0.15) is 21.8 Å². The van der Waals surface area contributed by atoms with Crippen molar-refractivity contribution in [1.82, 2.24) is 9.97 Å². The summed E-state index contributed by atoms with van der Waals surface area (Å²) < 4.78 is 37.9. The second kappa shape index (κ2) is 9.59. The Morgan fingerprint density at radius 2 is 1.87 bits per heavy atom. The summed E-state index contributed by atoms with van der Waals surface area (Å²) in [7, 11) is -2.95. The zero-order valence-corrected chi connectivity index (χ0v) is 23.5. The lowest BCUT2D eigenvalue weighted by molar-refractivity contribution is 0.0612. The number of alkyl halides is 1. The maximum atomic E-state index is 14.1. The first-order valence-electron chi connectivity index (χ1n) is 13.7. The molecule has 39 heavy (non-hydrogen) atoms. The zero-order chi connectivity index (χ0) is 27.5. The maximum absolute atomic E-state index is 14.1. The van der Waals surface area contributed by atoms with Gasteiger partial charge in [-0.15, -0.1) is 0 Å². The molecule has 2 aliphatic heterocycles. The normalized spacial score (nSPS) is 23.2. The summed E-state index contributed by atoms with van der Waals surface area (Å²) in [4.78, 5) is 13.1. The summed E-state index contributed by atoms with van der Waals surface area (Å²) in [6.45, 7) is 6.76. The number of nitrogens with zero attached hydrogens (tertiary/aromatic N) is 4. The van der Waals surface area contributed by atoms with E-state index in [0.717, 1.165) is 31.6 Å². The average Bonchev–Trinajstić information content (AvgIpc) is 2.83. The van der Waals surface area contributed by atoms with Gasteiger partial charge >= 0.3 is 0 Å². The highest BCUT2D eigenvalue weighted by atomic mass is 32.2. The third kappa shape index (κ3) is 4.93. The van der Waals surface area contributed by atoms with Crippen molar-refractivity contribution in [3.05, 3.63) is 48.2 Å². The minimum atomic E-state index is -2.95. The Morgan fingerprint density at radius 1 is 1.10 bits per heavy atom. The molecule has 2 atom stereocenters. The fraction of sp³-hybridized carbons (Fsp3) is 0.517. The molecule has 3 fully saturated rings. The minimum Gasteiger partial charge on any atom is -0.390 e. The van der Waals surface area contributed by atoms with Gasteiger partial charge in [-0.25, -0.2) is 17.8 Å². The summed E-state index contributed by atoms with van der Waals surface area (Å²) >= 11 is 0. The summed E-state index contributed by atoms with van der Waals surface area (Å²) in [6.07, 6.45) is 2.66. The van der Waals surface area contributed by atoms with E-state index >= 15 is 0 Å². The zero-order valence-electron chi connectivity index (χ0n) is 22.6. The molecule has 1 saturated carbocycles. The van der Waals surface area contributed by atoms with Crippen molar-refractivity contribution in [2.45, 2.75) is 56.6 Å². The van der Waals surface area contributed by atoms with E-state index in [0.29, 0.717) is 30.6 Å². The topological polar surface area (TPSA) is 98.7 Å². The lowest BCUT2D eigenvalue weighted by Crippen LogP contribution is -2.65. The van der Waals surface area contributed by atoms with Crippen LogP contribution in [0.15, 0.2) is 42.6 Å². The largest absolute Gasteiger partial charge is 0.390 e. The van der Waals surface area contributed by atoms with Crippen molar-refractivity contribution in [2.24, 2.45) is 5.41 Å². The van der Waals surface area contributed by atoms with Crippen LogP contribution in [0.4, 0.5) is 27.5 Å². The second-order valence-corrected chi connectivity index (χ2v) is 14.3. The number of hydrogen-bond donors (Lipinski definition) is 2. The molecule has 0 amide bonds. The van der Waals surface area contributed by atoms with Gasteiger partial charge in [0.05, 0.1) is 17.9 Å². The number of benzene rings is 2. The summed E-state index contributed by atoms with van der Waals surface area (Å²) in [5.41, 5.74) is 3.49. The molecule has 1 aliphatic carbocycles. The van der Waals surface area contributed by atoms with Gasteiger partial charge < -0.3 is 20.2 Å². The van der Waals surface area contributed by atoms with Crippen LogP contribution in [0, 0.1) is 5.41 Å². The minimum absolute atomic E-state index is 0.0772. The van der Waals surface area contributed by atoms with Crippen LogP contribution >= 0.6 is 0 Å². The predicted octanol–water partition coefficient (Wildman–Crippen LogP) is 4.42. The van der Waals surface area contributed by atoms with Crippen molar-refractivity contribution in [3.63, 3.8) is 0 Å². The molecule has 0 radical (unpaired) electrons. The molecule has 10 heteroatoms. The highest BCUT2D eigenvalue weighted by Crippen LogP contribution is 2.53. The molecule has 2 unspecified atom stereocenters. The fourth-order valence-corrected chi connectivity index (χ4v) is 7.72. The van der Waals surface area contributed by atoms with E-state index in [1.54, 1.807) is 17.2 Å². The number of rotatable bonds is 6. The number of halogens is 1. The molecular formula is C29H36FN5O3S. The lowest BCUT2D eigenvalue weighted by atomic mass is 9.63. The average molecular weight is 554 g/mol. The van der Waals surface area contributed by atoms with Crippen molar-refractivity contribution in [2.75, 3.05) is 47.6 Å². The van der Waals surface area contributed by atoms with E-state index in [9.17, 15) is 17.9 Å². The highest BCUT2D eigenvalue weighted by molar-refractivity contribution is 7.91. The van der Waals surface area contributed by atoms with Gasteiger partial charge in [0.25, 0.3) is 0 Å². The van der Waals surface area contributed by atoms with Crippen LogP contribution in [0.5, 0.6) is 0 Å². The number of piperidine rings is 1. The molecule has 6 rings (SSSR count). The maximum Gasteiger partial charge on any atom is 0.227 e. The van der Waals surface area contributed by atoms with Crippen LogP contribution in [0.25, 0.3) is 10.8 Å². The molecule has 3 heterocycles. The molecular weight excluding hydrogens is 517 g/mol. The van der Waals surface area contributed by atoms with Gasteiger partial charge in [0, 0.05) is 54.3 Å². The van der Waals surface area contributed by atoms with Gasteiger partial charge in [-0.2, -0.15) is 4.98 Å². The molecule has 208 valence electrons. The lowest BCUT2D eigenvalue weighted by Gasteiger charge is -2.59. The first kappa shape index (κ1) is 26.3. The number of fused-ring (bicyclic) bond motifs is 1. The van der Waals surface area contributed by atoms with Gasteiger partial charge in [-0.05, 0) is 60.4 Å². The number of sulfone groups is 1. The number of aliphatic hydroxyl groups is 1. The van der Waals surface area contributed by atoms with Crippen LogP contribution in [-0.4, -0.2) is 73.5 Å². The van der Waals surface area contributed by atoms with Crippen LogP contribution in [0.2, 0.25) is 0 Å². The van der Waals surface area contributed by atoms with E-state index in [1.165, 1.54) is 28.3 Å². The molecule has 8 nitrogen and oxygen atoms in total. The molecule has 2 saturated heterocycles. The van der Waals surface area contributed by atoms with E-state index in [-0.39, 0.29) is 17.2 Å². The van der Waals surface area contributed by atoms with Gasteiger partial charge in [-0.3, -0.25) is 0 Å². The van der Waals surface area contributed by atoms with Crippen LogP contribution in [0.3, 0.4) is 0 Å². The number of nitrogens with one attached hydrogen (secondary N) is 1. The Labute approximate surface area is 229 Å². The quantitative estimate of drug-likeness (QED) is 0.463. The first-order chi connectivity index (χ1) is 18.5. The van der Waals surface area contributed by atoms with Crippen LogP contribution < -0.4 is 15.1 Å². The summed E-state index contributed by atoms with van der Waals surface area (Å²) in [6, 6.07) is 12.5. The summed E-state index contributed by atoms with van der Waals surface area (Å²) in [5, 5.41) is 15.3.